The molecule has 0 aliphatic heterocycles. The van der Waals surface area contributed by atoms with Crippen LogP contribution in [-0.4, -0.2) is 66.0 Å². The predicted octanol–water partition coefficient (Wildman–Crippen LogP) is 3.26. The van der Waals surface area contributed by atoms with E-state index in [-0.39, 0.29) is 59.7 Å². The highest BCUT2D eigenvalue weighted by Gasteiger charge is 2.65. The third kappa shape index (κ3) is 4.78. The summed E-state index contributed by atoms with van der Waals surface area (Å²) in [6, 6.07) is 0. The van der Waals surface area contributed by atoms with Gasteiger partial charge in [-0.2, -0.15) is 0 Å². The summed E-state index contributed by atoms with van der Waals surface area (Å²) in [7, 11) is 1.43. The SMILES string of the molecule is COC(=O)CC[C@@H](C)[C@H]1CC[C@H]2[C@@H]3[C@H](O)C[C@@H]4C[C@H](OC(=O)NCCO)CC[C@]4(C)[C@H]3C[C@H](O)[C@]12C. The van der Waals surface area contributed by atoms with Gasteiger partial charge in [-0.3, -0.25) is 4.79 Å². The summed E-state index contributed by atoms with van der Waals surface area (Å²) in [5.74, 6) is 1.36. The summed E-state index contributed by atoms with van der Waals surface area (Å²) in [5, 5.41) is 34.7. The fourth-order valence-electron chi connectivity index (χ4n) is 9.22. The quantitative estimate of drug-likeness (QED) is 0.388. The molecule has 0 aromatic rings. The minimum atomic E-state index is -0.492. The van der Waals surface area contributed by atoms with E-state index in [9.17, 15) is 19.8 Å². The van der Waals surface area contributed by atoms with E-state index >= 15 is 0 Å². The minimum Gasteiger partial charge on any atom is -0.469 e. The summed E-state index contributed by atoms with van der Waals surface area (Å²) in [6.45, 7) is 6.83. The lowest BCUT2D eigenvalue weighted by Gasteiger charge is -2.63. The molecule has 36 heavy (non-hydrogen) atoms. The maximum Gasteiger partial charge on any atom is 0.407 e. The Morgan fingerprint density at radius 1 is 1.08 bits per heavy atom. The van der Waals surface area contributed by atoms with Gasteiger partial charge in [0.2, 0.25) is 0 Å². The Kier molecular flexibility index (Phi) is 8.28. The Bertz CT molecular complexity index is 807. The van der Waals surface area contributed by atoms with Crippen molar-refractivity contribution in [3.63, 3.8) is 0 Å². The van der Waals surface area contributed by atoms with Gasteiger partial charge < -0.3 is 30.1 Å². The number of amides is 1. The standard InChI is InChI=1S/C28H47NO7/c1-16(5-8-24(33)35-4)19-6-7-20-25-21(15-23(32)28(19,20)3)27(2)10-9-18(13-17(27)14-22(25)31)36-26(34)29-11-12-30/h16-23,25,30-32H,5-15H2,1-4H3,(H,29,34)/t16-,17+,18-,19-,20+,21+,22-,23+,25+,27+,28-/m1/s1. The molecule has 8 nitrogen and oxygen atoms in total. The number of hydrogen-bond donors (Lipinski definition) is 4. The first-order valence-electron chi connectivity index (χ1n) is 14.0. The van der Waals surface area contributed by atoms with Crippen molar-refractivity contribution < 1.29 is 34.4 Å². The number of carbonyl (C=O) groups excluding carboxylic acids is 2. The fraction of sp³-hybridized carbons (Fsp3) is 0.929. The number of hydrogen-bond acceptors (Lipinski definition) is 7. The highest BCUT2D eigenvalue weighted by molar-refractivity contribution is 5.69. The zero-order chi connectivity index (χ0) is 26.3. The Morgan fingerprint density at radius 3 is 2.53 bits per heavy atom. The van der Waals surface area contributed by atoms with Gasteiger partial charge in [0, 0.05) is 13.0 Å². The average molecular weight is 510 g/mol. The third-order valence-electron chi connectivity index (χ3n) is 11.2. The van der Waals surface area contributed by atoms with Crippen molar-refractivity contribution in [3.8, 4) is 0 Å². The number of fused-ring (bicyclic) bond motifs is 5. The van der Waals surface area contributed by atoms with Crippen LogP contribution in [0.15, 0.2) is 0 Å². The van der Waals surface area contributed by atoms with Crippen LogP contribution < -0.4 is 5.32 Å². The first kappa shape index (κ1) is 27.6. The molecule has 4 aliphatic carbocycles. The number of rotatable bonds is 7. The summed E-state index contributed by atoms with van der Waals surface area (Å²) < 4.78 is 10.5. The topological polar surface area (TPSA) is 125 Å². The molecule has 8 heteroatoms. The molecule has 0 heterocycles. The van der Waals surface area contributed by atoms with E-state index in [4.69, 9.17) is 14.6 Å². The Hall–Kier alpha value is -1.38. The number of ether oxygens (including phenoxy) is 2. The monoisotopic (exact) mass is 509 g/mol. The predicted molar refractivity (Wildman–Crippen MR) is 134 cm³/mol. The van der Waals surface area contributed by atoms with Crippen LogP contribution in [0.5, 0.6) is 0 Å². The van der Waals surface area contributed by atoms with Gasteiger partial charge in [-0.25, -0.2) is 4.79 Å². The van der Waals surface area contributed by atoms with Crippen molar-refractivity contribution in [1.82, 2.24) is 5.32 Å². The fourth-order valence-corrected chi connectivity index (χ4v) is 9.22. The second kappa shape index (κ2) is 10.8. The van der Waals surface area contributed by atoms with Crippen LogP contribution in [0.2, 0.25) is 0 Å². The van der Waals surface area contributed by atoms with Gasteiger partial charge in [0.25, 0.3) is 0 Å². The lowest BCUT2D eigenvalue weighted by atomic mass is 9.43. The maximum absolute atomic E-state index is 12.0. The van der Waals surface area contributed by atoms with Gasteiger partial charge in [0.1, 0.15) is 6.10 Å². The Morgan fingerprint density at radius 2 is 1.83 bits per heavy atom. The van der Waals surface area contributed by atoms with E-state index in [1.54, 1.807) is 0 Å². The zero-order valence-corrected chi connectivity index (χ0v) is 22.4. The summed E-state index contributed by atoms with van der Waals surface area (Å²) in [6.07, 6.45) is 5.50. The van der Waals surface area contributed by atoms with Crippen molar-refractivity contribution in [2.45, 2.75) is 96.9 Å². The van der Waals surface area contributed by atoms with E-state index in [0.29, 0.717) is 31.1 Å². The van der Waals surface area contributed by atoms with Crippen molar-refractivity contribution in [3.05, 3.63) is 0 Å². The van der Waals surface area contributed by atoms with E-state index in [1.165, 1.54) is 7.11 Å². The molecular weight excluding hydrogens is 462 g/mol. The molecule has 1 amide bonds. The highest BCUT2D eigenvalue weighted by Crippen LogP contribution is 2.68. The van der Waals surface area contributed by atoms with Gasteiger partial charge in [0.15, 0.2) is 0 Å². The average Bonchev–Trinajstić information content (AvgIpc) is 3.21. The zero-order valence-electron chi connectivity index (χ0n) is 22.4. The van der Waals surface area contributed by atoms with Crippen LogP contribution in [0, 0.1) is 46.3 Å². The molecule has 4 N–H and O–H groups in total. The van der Waals surface area contributed by atoms with E-state index < -0.39 is 18.3 Å². The number of aliphatic hydroxyl groups excluding tert-OH is 3. The van der Waals surface area contributed by atoms with Gasteiger partial charge >= 0.3 is 12.1 Å². The minimum absolute atomic E-state index is 0.00221. The normalized spacial score (nSPS) is 44.5. The van der Waals surface area contributed by atoms with Crippen molar-refractivity contribution in [2.24, 2.45) is 46.3 Å². The molecule has 0 bridgehead atoms. The molecule has 206 valence electrons. The highest BCUT2D eigenvalue weighted by atomic mass is 16.6. The second-order valence-corrected chi connectivity index (χ2v) is 12.6. The van der Waals surface area contributed by atoms with Crippen LogP contribution in [0.1, 0.15) is 78.6 Å². The van der Waals surface area contributed by atoms with Crippen LogP contribution in [0.3, 0.4) is 0 Å². The third-order valence-corrected chi connectivity index (χ3v) is 11.2. The van der Waals surface area contributed by atoms with Gasteiger partial charge in [-0.05, 0) is 97.7 Å². The molecule has 4 aliphatic rings. The lowest BCUT2D eigenvalue weighted by molar-refractivity contribution is -0.207. The summed E-state index contributed by atoms with van der Waals surface area (Å²) in [4.78, 5) is 23.8. The molecular formula is C28H47NO7. The summed E-state index contributed by atoms with van der Waals surface area (Å²) in [5.41, 5.74) is -0.256. The molecule has 4 fully saturated rings. The van der Waals surface area contributed by atoms with Crippen molar-refractivity contribution in [2.75, 3.05) is 20.3 Å². The molecule has 0 aromatic carbocycles. The molecule has 0 saturated heterocycles. The first-order valence-corrected chi connectivity index (χ1v) is 14.0. The number of aliphatic hydroxyl groups is 3. The number of methoxy groups -OCH3 is 1. The number of nitrogens with one attached hydrogen (secondary N) is 1. The molecule has 0 unspecified atom stereocenters. The molecule has 4 saturated carbocycles. The Labute approximate surface area is 215 Å². The largest absolute Gasteiger partial charge is 0.469 e. The summed E-state index contributed by atoms with van der Waals surface area (Å²) >= 11 is 0. The maximum atomic E-state index is 12.0. The molecule has 11 atom stereocenters. The van der Waals surface area contributed by atoms with Crippen molar-refractivity contribution in [1.29, 1.82) is 0 Å². The Balaban J connectivity index is 1.48. The van der Waals surface area contributed by atoms with Crippen LogP contribution >= 0.6 is 0 Å². The smallest absolute Gasteiger partial charge is 0.407 e. The first-order chi connectivity index (χ1) is 17.1. The molecule has 0 aromatic heterocycles. The number of alkyl carbamates (subject to hydrolysis) is 1. The number of carbonyl (C=O) groups is 2. The van der Waals surface area contributed by atoms with Crippen molar-refractivity contribution >= 4 is 12.1 Å². The lowest BCUT2D eigenvalue weighted by Crippen LogP contribution is -2.62. The van der Waals surface area contributed by atoms with Crippen LogP contribution in [0.4, 0.5) is 4.79 Å². The molecule has 4 rings (SSSR count). The number of esters is 1. The van der Waals surface area contributed by atoms with Gasteiger partial charge in [0.05, 0.1) is 25.9 Å². The van der Waals surface area contributed by atoms with Crippen LogP contribution in [0.25, 0.3) is 0 Å². The molecule has 0 spiro atoms. The van der Waals surface area contributed by atoms with E-state index in [1.807, 2.05) is 0 Å². The second-order valence-electron chi connectivity index (χ2n) is 12.6. The molecule has 0 radical (unpaired) electrons. The van der Waals surface area contributed by atoms with E-state index in [0.717, 1.165) is 38.5 Å². The van der Waals surface area contributed by atoms with Gasteiger partial charge in [-0.1, -0.05) is 20.8 Å². The van der Waals surface area contributed by atoms with E-state index in [2.05, 4.69) is 26.1 Å². The van der Waals surface area contributed by atoms with Gasteiger partial charge in [-0.15, -0.1) is 0 Å². The van der Waals surface area contributed by atoms with Crippen LogP contribution in [-0.2, 0) is 14.3 Å².